The van der Waals surface area contributed by atoms with Crippen molar-refractivity contribution in [1.82, 2.24) is 25.8 Å². The second kappa shape index (κ2) is 23.7. The molecule has 15 nitrogen and oxygen atoms in total. The molecule has 15 heteroatoms. The van der Waals surface area contributed by atoms with E-state index in [-0.39, 0.29) is 36.7 Å². The van der Waals surface area contributed by atoms with E-state index in [1.807, 2.05) is 52.0 Å². The Morgan fingerprint density at radius 1 is 0.883 bits per heavy atom. The van der Waals surface area contributed by atoms with Gasteiger partial charge in [-0.1, -0.05) is 83.0 Å². The summed E-state index contributed by atoms with van der Waals surface area (Å²) in [6.45, 7) is 18.4. The fourth-order valence-electron chi connectivity index (χ4n) is 6.66. The van der Waals surface area contributed by atoms with Crippen molar-refractivity contribution in [2.24, 2.45) is 17.8 Å². The zero-order valence-electron chi connectivity index (χ0n) is 37.8. The zero-order valence-corrected chi connectivity index (χ0v) is 37.8. The fraction of sp³-hybridized carbons (Fsp3) is 0.622. The summed E-state index contributed by atoms with van der Waals surface area (Å²) in [5, 5.41) is 19.3. The number of amides is 5. The van der Waals surface area contributed by atoms with Crippen LogP contribution in [-0.4, -0.2) is 120 Å². The third kappa shape index (κ3) is 14.9. The number of ether oxygens (including phenoxy) is 2. The maximum atomic E-state index is 14.2. The molecule has 0 saturated carbocycles. The number of carbonyl (C=O) groups excluding carboxylic acids is 7. The number of cyclic esters (lactones) is 2. The van der Waals surface area contributed by atoms with Crippen LogP contribution in [0.4, 0.5) is 0 Å². The van der Waals surface area contributed by atoms with Crippen LogP contribution in [0.2, 0.25) is 0 Å². The molecule has 0 aliphatic carbocycles. The van der Waals surface area contributed by atoms with Crippen LogP contribution in [0.5, 0.6) is 0 Å². The number of aliphatic hydroxyl groups excluding tert-OH is 1. The van der Waals surface area contributed by atoms with Gasteiger partial charge in [0.15, 0.2) is 6.10 Å². The molecule has 1 heterocycles. The van der Waals surface area contributed by atoms with Crippen molar-refractivity contribution in [3.8, 4) is 0 Å². The van der Waals surface area contributed by atoms with E-state index in [1.54, 1.807) is 33.8 Å². The maximum absolute atomic E-state index is 14.2. The molecule has 0 radical (unpaired) electrons. The summed E-state index contributed by atoms with van der Waals surface area (Å²) in [6.07, 6.45) is 0.684. The van der Waals surface area contributed by atoms with Crippen molar-refractivity contribution in [1.29, 1.82) is 0 Å². The lowest BCUT2D eigenvalue weighted by Gasteiger charge is -2.33. The standard InChI is InChI=1S/C45H69N5O10/c1-14-27(6)38-41(54)47-32(11)45(58)60-39(28(7)15-2)30(9)35(51)21-18-29(8)44(57)59-36(22-25(3)4)40(53)46-31(10)42(55)50(13)34(23-33-19-16-26(5)17-20-33)43(56)49(12)24-37(52)48-38/h15-20,25,27,30-32,34-36,38-39,51H,14,21-24H2,1-13H3,(H,46,53)(H,47,54)(H,48,52)/b28-15+,29-18+/t27?,30-,31-,32+,34+,35-,36+,38-,39+/m0/s1. The summed E-state index contributed by atoms with van der Waals surface area (Å²) in [5.41, 5.74) is 2.52. The first-order valence-corrected chi connectivity index (χ1v) is 20.9. The molecule has 4 N–H and O–H groups in total. The van der Waals surface area contributed by atoms with Gasteiger partial charge in [0, 0.05) is 32.0 Å². The molecule has 0 spiro atoms. The number of nitrogens with zero attached hydrogens (tertiary/aromatic N) is 2. The highest BCUT2D eigenvalue weighted by molar-refractivity contribution is 5.96. The van der Waals surface area contributed by atoms with Crippen LogP contribution in [0.15, 0.2) is 47.6 Å². The number of nitrogens with one attached hydrogen (secondary N) is 3. The smallest absolute Gasteiger partial charge is 0.334 e. The largest absolute Gasteiger partial charge is 0.456 e. The van der Waals surface area contributed by atoms with Crippen molar-refractivity contribution < 1.29 is 48.1 Å². The van der Waals surface area contributed by atoms with Gasteiger partial charge in [0.25, 0.3) is 5.91 Å². The van der Waals surface area contributed by atoms with Crippen molar-refractivity contribution in [2.45, 2.75) is 144 Å². The SMILES string of the molecule is C/C=C(\C)[C@H]1OC(=O)[C@@H](C)NC(=O)[C@H](C(C)CC)NC(=O)CN(C)C(=O)[C@@H](Cc2ccc(C)cc2)N(C)C(=O)[C@H](C)NC(=O)[C@@H](CC(C)C)OC(=O)/C(C)=C/C[C@H](O)[C@@H]1C. The van der Waals surface area contributed by atoms with E-state index >= 15 is 0 Å². The van der Waals surface area contributed by atoms with Gasteiger partial charge < -0.3 is 40.3 Å². The summed E-state index contributed by atoms with van der Waals surface area (Å²) < 4.78 is 11.5. The molecule has 0 bridgehead atoms. The Morgan fingerprint density at radius 2 is 1.48 bits per heavy atom. The second-order valence-corrected chi connectivity index (χ2v) is 16.7. The molecule has 0 saturated heterocycles. The number of esters is 2. The summed E-state index contributed by atoms with van der Waals surface area (Å²) in [4.78, 5) is 98.2. The third-order valence-corrected chi connectivity index (χ3v) is 11.1. The van der Waals surface area contributed by atoms with Crippen molar-refractivity contribution in [2.75, 3.05) is 20.6 Å². The highest BCUT2D eigenvalue weighted by Crippen LogP contribution is 2.24. The van der Waals surface area contributed by atoms with Gasteiger partial charge in [-0.2, -0.15) is 0 Å². The predicted octanol–water partition coefficient (Wildman–Crippen LogP) is 3.55. The van der Waals surface area contributed by atoms with Crippen molar-refractivity contribution >= 4 is 41.5 Å². The Balaban J connectivity index is 2.63. The lowest BCUT2D eigenvalue weighted by molar-refractivity contribution is -0.155. The highest BCUT2D eigenvalue weighted by Gasteiger charge is 2.36. The molecule has 5 amide bonds. The first kappa shape index (κ1) is 51.1. The number of hydrogen-bond acceptors (Lipinski definition) is 10. The number of rotatable bonds is 7. The molecular formula is C45H69N5O10. The van der Waals surface area contributed by atoms with Gasteiger partial charge >= 0.3 is 11.9 Å². The summed E-state index contributed by atoms with van der Waals surface area (Å²) in [7, 11) is 2.86. The molecule has 0 aromatic heterocycles. The second-order valence-electron chi connectivity index (χ2n) is 16.7. The van der Waals surface area contributed by atoms with Crippen LogP contribution in [0.25, 0.3) is 0 Å². The van der Waals surface area contributed by atoms with Crippen molar-refractivity contribution in [3.05, 3.63) is 58.7 Å². The minimum atomic E-state index is -1.26. The Bertz CT molecular complexity index is 1740. The first-order valence-electron chi connectivity index (χ1n) is 20.9. The number of allylic oxidation sites excluding steroid dienone is 1. The number of carbonyl (C=O) groups is 7. The molecule has 1 aromatic carbocycles. The third-order valence-electron chi connectivity index (χ3n) is 11.1. The van der Waals surface area contributed by atoms with E-state index in [2.05, 4.69) is 16.0 Å². The Labute approximate surface area is 356 Å². The molecular weight excluding hydrogens is 771 g/mol. The monoisotopic (exact) mass is 840 g/mol. The minimum Gasteiger partial charge on any atom is -0.456 e. The number of benzene rings is 1. The molecule has 0 fully saturated rings. The number of aliphatic hydroxyl groups is 1. The molecule has 1 aliphatic heterocycles. The zero-order chi connectivity index (χ0) is 45.6. The average molecular weight is 840 g/mol. The summed E-state index contributed by atoms with van der Waals surface area (Å²) in [6, 6.07) is 2.95. The fourth-order valence-corrected chi connectivity index (χ4v) is 6.66. The first-order chi connectivity index (χ1) is 28.0. The number of hydrogen-bond donors (Lipinski definition) is 4. The van der Waals surface area contributed by atoms with Gasteiger partial charge in [-0.25, -0.2) is 9.59 Å². The molecule has 9 atom stereocenters. The van der Waals surface area contributed by atoms with Gasteiger partial charge in [-0.05, 0) is 77.4 Å². The normalized spacial score (nSPS) is 28.6. The minimum absolute atomic E-state index is 0.0215. The van der Waals surface area contributed by atoms with Gasteiger partial charge in [-0.3, -0.25) is 24.0 Å². The topological polar surface area (TPSA) is 201 Å². The maximum Gasteiger partial charge on any atom is 0.334 e. The van der Waals surface area contributed by atoms with Crippen LogP contribution >= 0.6 is 0 Å². The van der Waals surface area contributed by atoms with E-state index in [0.29, 0.717) is 12.0 Å². The van der Waals surface area contributed by atoms with E-state index in [0.717, 1.165) is 11.1 Å². The Kier molecular flexibility index (Phi) is 20.2. The van der Waals surface area contributed by atoms with Crippen LogP contribution in [0.1, 0.15) is 99.6 Å². The lowest BCUT2D eigenvalue weighted by Crippen LogP contribution is -2.57. The van der Waals surface area contributed by atoms with Gasteiger partial charge in [0.1, 0.15) is 30.3 Å². The Morgan fingerprint density at radius 3 is 2.05 bits per heavy atom. The van der Waals surface area contributed by atoms with Crippen molar-refractivity contribution in [3.63, 3.8) is 0 Å². The van der Waals surface area contributed by atoms with Crippen LogP contribution < -0.4 is 16.0 Å². The molecule has 60 heavy (non-hydrogen) atoms. The highest BCUT2D eigenvalue weighted by atomic mass is 16.6. The van der Waals surface area contributed by atoms with Gasteiger partial charge in [0.05, 0.1) is 12.6 Å². The quantitative estimate of drug-likeness (QED) is 0.233. The van der Waals surface area contributed by atoms with E-state index in [1.165, 1.54) is 50.7 Å². The molecule has 2 rings (SSSR count). The molecule has 1 aromatic rings. The Hall–Kier alpha value is -5.05. The number of aryl methyl sites for hydroxylation is 1. The number of likely N-dealkylation sites (N-methyl/N-ethyl adjacent to an activating group) is 2. The average Bonchev–Trinajstić information content (AvgIpc) is 3.20. The van der Waals surface area contributed by atoms with E-state index < -0.39 is 96.4 Å². The predicted molar refractivity (Wildman–Crippen MR) is 228 cm³/mol. The molecule has 334 valence electrons. The molecule has 1 unspecified atom stereocenters. The van der Waals surface area contributed by atoms with Crippen LogP contribution in [-0.2, 0) is 49.5 Å². The lowest BCUT2D eigenvalue weighted by atomic mass is 9.90. The van der Waals surface area contributed by atoms with E-state index in [9.17, 15) is 38.7 Å². The van der Waals surface area contributed by atoms with Crippen LogP contribution in [0.3, 0.4) is 0 Å². The van der Waals surface area contributed by atoms with Gasteiger partial charge in [0.2, 0.25) is 23.6 Å². The molecule has 1 aliphatic rings. The summed E-state index contributed by atoms with van der Waals surface area (Å²) >= 11 is 0. The van der Waals surface area contributed by atoms with Gasteiger partial charge in [-0.15, -0.1) is 0 Å². The summed E-state index contributed by atoms with van der Waals surface area (Å²) in [5.74, 6) is -5.83. The van der Waals surface area contributed by atoms with Crippen LogP contribution in [0, 0.1) is 24.7 Å². The van der Waals surface area contributed by atoms with E-state index in [4.69, 9.17) is 9.47 Å².